The van der Waals surface area contributed by atoms with Gasteiger partial charge in [-0.05, 0) is 30.3 Å². The third kappa shape index (κ3) is 3.16. The highest BCUT2D eigenvalue weighted by molar-refractivity contribution is 6.06. The van der Waals surface area contributed by atoms with Gasteiger partial charge >= 0.3 is 0 Å². The van der Waals surface area contributed by atoms with Gasteiger partial charge in [0.25, 0.3) is 5.91 Å². The molecule has 0 fully saturated rings. The van der Waals surface area contributed by atoms with Crippen LogP contribution in [0.25, 0.3) is 10.9 Å². The van der Waals surface area contributed by atoms with Crippen LogP contribution in [0.2, 0.25) is 0 Å². The number of anilines is 1. The van der Waals surface area contributed by atoms with Gasteiger partial charge in [-0.15, -0.1) is 0 Å². The third-order valence-corrected chi connectivity index (χ3v) is 3.74. The Hall–Kier alpha value is -3.35. The zero-order valence-corrected chi connectivity index (χ0v) is 13.6. The quantitative estimate of drug-likeness (QED) is 0.764. The summed E-state index contributed by atoms with van der Waals surface area (Å²) in [5, 5.41) is 2.72. The molecule has 3 rings (SSSR count). The Labute approximate surface area is 142 Å². The molecule has 0 aliphatic heterocycles. The Morgan fingerprint density at radius 3 is 2.64 bits per heavy atom. The predicted octanol–water partition coefficient (Wildman–Crippen LogP) is 2.94. The minimum Gasteiger partial charge on any atom is -0.497 e. The van der Waals surface area contributed by atoms with Crippen molar-refractivity contribution in [2.24, 2.45) is 0 Å². The Morgan fingerprint density at radius 1 is 1.12 bits per heavy atom. The van der Waals surface area contributed by atoms with Crippen LogP contribution in [-0.2, 0) is 0 Å². The van der Waals surface area contributed by atoms with Crippen molar-refractivity contribution in [1.29, 1.82) is 0 Å². The molecule has 0 saturated carbocycles. The number of pyridine rings is 1. The van der Waals surface area contributed by atoms with E-state index >= 15 is 0 Å². The number of carbonyl (C=O) groups excluding carboxylic acids is 1. The first-order chi connectivity index (χ1) is 12.0. The summed E-state index contributed by atoms with van der Waals surface area (Å²) in [6.07, 6.45) is 1.30. The summed E-state index contributed by atoms with van der Waals surface area (Å²) in [5.41, 5.74) is 0.100. The number of hydrogen-bond donors (Lipinski definition) is 2. The van der Waals surface area contributed by atoms with E-state index in [1.807, 2.05) is 0 Å². The van der Waals surface area contributed by atoms with Crippen LogP contribution in [0, 0.1) is 5.82 Å². The van der Waals surface area contributed by atoms with E-state index in [1.54, 1.807) is 18.2 Å². The first-order valence-corrected chi connectivity index (χ1v) is 7.38. The molecule has 0 spiro atoms. The summed E-state index contributed by atoms with van der Waals surface area (Å²) >= 11 is 0. The minimum absolute atomic E-state index is 0.102. The van der Waals surface area contributed by atoms with Crippen molar-refractivity contribution in [3.05, 3.63) is 64.2 Å². The van der Waals surface area contributed by atoms with Gasteiger partial charge in [0.1, 0.15) is 22.9 Å². The van der Waals surface area contributed by atoms with E-state index in [4.69, 9.17) is 9.47 Å². The predicted molar refractivity (Wildman–Crippen MR) is 92.0 cm³/mol. The van der Waals surface area contributed by atoms with Gasteiger partial charge in [0.05, 0.1) is 19.9 Å². The molecule has 1 amide bonds. The smallest absolute Gasteiger partial charge is 0.261 e. The summed E-state index contributed by atoms with van der Waals surface area (Å²) in [6, 6.07) is 8.66. The van der Waals surface area contributed by atoms with E-state index in [0.29, 0.717) is 22.7 Å². The zero-order valence-electron chi connectivity index (χ0n) is 13.6. The number of hydrogen-bond acceptors (Lipinski definition) is 4. The van der Waals surface area contributed by atoms with E-state index in [9.17, 15) is 14.0 Å². The maximum Gasteiger partial charge on any atom is 0.261 e. The van der Waals surface area contributed by atoms with Crippen LogP contribution in [0.3, 0.4) is 0 Å². The first kappa shape index (κ1) is 16.5. The van der Waals surface area contributed by atoms with Crippen LogP contribution < -0.4 is 20.2 Å². The third-order valence-electron chi connectivity index (χ3n) is 3.74. The van der Waals surface area contributed by atoms with Crippen molar-refractivity contribution in [2.45, 2.75) is 0 Å². The van der Waals surface area contributed by atoms with Gasteiger partial charge in [-0.1, -0.05) is 0 Å². The van der Waals surface area contributed by atoms with Crippen LogP contribution in [0.1, 0.15) is 10.4 Å². The Bertz CT molecular complexity index is 1010. The van der Waals surface area contributed by atoms with Gasteiger partial charge in [-0.25, -0.2) is 4.39 Å². The standard InChI is InChI=1S/C18H15FN2O4/c1-24-11-4-6-16(25-2)15(8-11)21-18(23)13-9-20-14-5-3-10(19)7-12(14)17(13)22/h3-9H,1-2H3,(H,20,22)(H,21,23). The lowest BCUT2D eigenvalue weighted by atomic mass is 10.1. The lowest BCUT2D eigenvalue weighted by Gasteiger charge is -2.11. The highest BCUT2D eigenvalue weighted by Crippen LogP contribution is 2.29. The number of aromatic nitrogens is 1. The van der Waals surface area contributed by atoms with E-state index < -0.39 is 17.2 Å². The topological polar surface area (TPSA) is 80.4 Å². The minimum atomic E-state index is -0.640. The summed E-state index contributed by atoms with van der Waals surface area (Å²) in [4.78, 5) is 27.8. The number of amides is 1. The average molecular weight is 342 g/mol. The number of benzene rings is 2. The molecule has 0 aliphatic rings. The van der Waals surface area contributed by atoms with Gasteiger partial charge in [-0.2, -0.15) is 0 Å². The van der Waals surface area contributed by atoms with Crippen molar-refractivity contribution < 1.29 is 18.7 Å². The Morgan fingerprint density at radius 2 is 1.92 bits per heavy atom. The van der Waals surface area contributed by atoms with Crippen LogP contribution >= 0.6 is 0 Å². The van der Waals surface area contributed by atoms with E-state index in [2.05, 4.69) is 10.3 Å². The van der Waals surface area contributed by atoms with Gasteiger partial charge in [0.15, 0.2) is 0 Å². The second-order valence-corrected chi connectivity index (χ2v) is 5.24. The molecule has 2 aromatic carbocycles. The fourth-order valence-corrected chi connectivity index (χ4v) is 2.46. The number of ether oxygens (including phenoxy) is 2. The molecule has 128 valence electrons. The van der Waals surface area contributed by atoms with Crippen LogP contribution in [-0.4, -0.2) is 25.1 Å². The van der Waals surface area contributed by atoms with Crippen LogP contribution in [0.15, 0.2) is 47.4 Å². The van der Waals surface area contributed by atoms with Crippen molar-refractivity contribution in [1.82, 2.24) is 4.98 Å². The second kappa shape index (κ2) is 6.64. The van der Waals surface area contributed by atoms with E-state index in [1.165, 1.54) is 32.5 Å². The van der Waals surface area contributed by atoms with Crippen molar-refractivity contribution in [3.63, 3.8) is 0 Å². The molecule has 0 saturated heterocycles. The number of fused-ring (bicyclic) bond motifs is 1. The molecular formula is C18H15FN2O4. The molecule has 7 heteroatoms. The summed E-state index contributed by atoms with van der Waals surface area (Å²) < 4.78 is 23.7. The van der Waals surface area contributed by atoms with Crippen LogP contribution in [0.5, 0.6) is 11.5 Å². The Kier molecular flexibility index (Phi) is 4.38. The van der Waals surface area contributed by atoms with Gasteiger partial charge in [-0.3, -0.25) is 9.59 Å². The van der Waals surface area contributed by atoms with Crippen molar-refractivity contribution in [3.8, 4) is 11.5 Å². The zero-order chi connectivity index (χ0) is 18.0. The number of carbonyl (C=O) groups is 1. The molecule has 0 atom stereocenters. The highest BCUT2D eigenvalue weighted by Gasteiger charge is 2.16. The molecule has 1 heterocycles. The number of methoxy groups -OCH3 is 2. The van der Waals surface area contributed by atoms with Gasteiger partial charge in [0.2, 0.25) is 5.43 Å². The fraction of sp³-hybridized carbons (Fsp3) is 0.111. The lowest BCUT2D eigenvalue weighted by molar-refractivity contribution is 0.102. The summed E-state index contributed by atoms with van der Waals surface area (Å²) in [5.74, 6) is -0.257. The number of rotatable bonds is 4. The van der Waals surface area contributed by atoms with E-state index in [0.717, 1.165) is 6.07 Å². The van der Waals surface area contributed by atoms with Gasteiger partial charge < -0.3 is 19.8 Å². The second-order valence-electron chi connectivity index (χ2n) is 5.24. The number of aromatic amines is 1. The normalized spacial score (nSPS) is 10.5. The fourth-order valence-electron chi connectivity index (χ4n) is 2.46. The lowest BCUT2D eigenvalue weighted by Crippen LogP contribution is -2.22. The molecule has 3 aromatic rings. The molecule has 0 aliphatic carbocycles. The maximum absolute atomic E-state index is 13.4. The SMILES string of the molecule is COc1ccc(OC)c(NC(=O)c2c[nH]c3ccc(F)cc3c2=O)c1. The van der Waals surface area contributed by atoms with Crippen molar-refractivity contribution >= 4 is 22.5 Å². The molecule has 0 radical (unpaired) electrons. The number of nitrogens with one attached hydrogen (secondary N) is 2. The molecule has 2 N–H and O–H groups in total. The van der Waals surface area contributed by atoms with Gasteiger partial charge in [0, 0.05) is 23.2 Å². The summed E-state index contributed by atoms with van der Waals surface area (Å²) in [6.45, 7) is 0. The molecule has 0 bridgehead atoms. The number of halogens is 1. The molecular weight excluding hydrogens is 327 g/mol. The molecule has 25 heavy (non-hydrogen) atoms. The van der Waals surface area contributed by atoms with Crippen LogP contribution in [0.4, 0.5) is 10.1 Å². The number of H-pyrrole nitrogens is 1. The monoisotopic (exact) mass is 342 g/mol. The highest BCUT2D eigenvalue weighted by atomic mass is 19.1. The Balaban J connectivity index is 2.01. The molecule has 6 nitrogen and oxygen atoms in total. The summed E-state index contributed by atoms with van der Waals surface area (Å²) in [7, 11) is 2.96. The average Bonchev–Trinajstić information content (AvgIpc) is 2.62. The first-order valence-electron chi connectivity index (χ1n) is 7.38. The van der Waals surface area contributed by atoms with E-state index in [-0.39, 0.29) is 10.9 Å². The molecule has 0 unspecified atom stereocenters. The van der Waals surface area contributed by atoms with Crippen molar-refractivity contribution in [2.75, 3.05) is 19.5 Å². The molecule has 1 aromatic heterocycles. The maximum atomic E-state index is 13.4. The largest absolute Gasteiger partial charge is 0.497 e.